The second-order valence-electron chi connectivity index (χ2n) is 12.2. The van der Waals surface area contributed by atoms with Crippen LogP contribution >= 0.6 is 30.2 Å². The summed E-state index contributed by atoms with van der Waals surface area (Å²) in [5.41, 5.74) is 2.52. The smallest absolute Gasteiger partial charge is 0.407 e. The molecule has 3 heterocycles. The SMILES string of the molecule is C=CCC(CCC(C[P+](=C)C)NC(=O)C(CCN1CCOCC1)NC(=O)N(C)Cc1csc(C(C)C)n1)NC(=O)OCc1cncs1. The lowest BCUT2D eigenvalue weighted by Gasteiger charge is -2.29. The van der Waals surface area contributed by atoms with Gasteiger partial charge in [0.25, 0.3) is 0 Å². The topological polar surface area (TPSA) is 138 Å². The number of alkyl carbamates (subject to hydrolysis) is 1. The Morgan fingerprint density at radius 2 is 1.89 bits per heavy atom. The Morgan fingerprint density at radius 3 is 2.53 bits per heavy atom. The third kappa shape index (κ3) is 14.4. The minimum Gasteiger partial charge on any atom is -0.444 e. The van der Waals surface area contributed by atoms with Crippen molar-refractivity contribution in [1.82, 2.24) is 35.7 Å². The van der Waals surface area contributed by atoms with Gasteiger partial charge in [-0.05, 0) is 25.7 Å². The summed E-state index contributed by atoms with van der Waals surface area (Å²) in [7, 11) is 1.14. The zero-order chi connectivity index (χ0) is 34.2. The lowest BCUT2D eigenvalue weighted by atomic mass is 10.0. The van der Waals surface area contributed by atoms with Crippen molar-refractivity contribution in [1.29, 1.82) is 0 Å². The maximum atomic E-state index is 13.8. The van der Waals surface area contributed by atoms with Crippen LogP contribution in [0.4, 0.5) is 9.59 Å². The van der Waals surface area contributed by atoms with E-state index in [1.54, 1.807) is 41.1 Å². The molecule has 4 unspecified atom stereocenters. The van der Waals surface area contributed by atoms with Crippen molar-refractivity contribution >= 4 is 54.5 Å². The molecule has 0 aromatic carbocycles. The van der Waals surface area contributed by atoms with Crippen molar-refractivity contribution in [3.8, 4) is 0 Å². The Labute approximate surface area is 288 Å². The standard InChI is InChI=1S/C32H50N7O5PS2/c1-7-8-24(36-32(42)44-19-27-17-33-22-47-27)9-10-25(20-45(5)6)34-29(40)28(11-12-39-13-15-43-16-14-39)37-31(41)38(4)18-26-21-46-30(35-26)23(2)3/h7,17,21-25,28H,1,5,8-16,18-20H2,2-4,6H3,(H2-,34,36,37,40,41,42)/p+1. The third-order valence-corrected chi connectivity index (χ3v) is 10.6. The van der Waals surface area contributed by atoms with Crippen LogP contribution < -0.4 is 16.0 Å². The molecule has 3 rings (SSSR count). The summed E-state index contributed by atoms with van der Waals surface area (Å²) in [4.78, 5) is 53.0. The minimum atomic E-state index is -0.728. The molecule has 0 aliphatic carbocycles. The van der Waals surface area contributed by atoms with Gasteiger partial charge in [0.05, 0.1) is 67.4 Å². The molecule has 0 saturated carbocycles. The van der Waals surface area contributed by atoms with Gasteiger partial charge in [-0.25, -0.2) is 14.6 Å². The summed E-state index contributed by atoms with van der Waals surface area (Å²) in [5.74, 6) is 0.0946. The normalized spacial score (nSPS) is 15.7. The van der Waals surface area contributed by atoms with E-state index >= 15 is 0 Å². The number of aromatic nitrogens is 2. The molecular weight excluding hydrogens is 658 g/mol. The van der Waals surface area contributed by atoms with Crippen LogP contribution in [0.3, 0.4) is 0 Å². The van der Waals surface area contributed by atoms with Crippen molar-refractivity contribution in [3.05, 3.63) is 45.3 Å². The predicted molar refractivity (Wildman–Crippen MR) is 192 cm³/mol. The van der Waals surface area contributed by atoms with Gasteiger partial charge in [-0.3, -0.25) is 14.7 Å². The minimum absolute atomic E-state index is 0.160. The second-order valence-corrected chi connectivity index (χ2v) is 16.1. The highest BCUT2D eigenvalue weighted by atomic mass is 32.1. The number of morpholine rings is 1. The van der Waals surface area contributed by atoms with Crippen LogP contribution in [-0.4, -0.2) is 115 Å². The second kappa shape index (κ2) is 20.5. The summed E-state index contributed by atoms with van der Waals surface area (Å²) in [6.45, 7) is 14.2. The number of rotatable bonds is 19. The van der Waals surface area contributed by atoms with Gasteiger partial charge in [-0.1, -0.05) is 19.9 Å². The molecule has 0 spiro atoms. The molecule has 47 heavy (non-hydrogen) atoms. The molecule has 1 aliphatic heterocycles. The number of nitrogens with zero attached hydrogens (tertiary/aromatic N) is 4. The molecule has 260 valence electrons. The number of carbonyl (C=O) groups excluding carboxylic acids is 3. The zero-order valence-electron chi connectivity index (χ0n) is 28.1. The maximum absolute atomic E-state index is 13.8. The van der Waals surface area contributed by atoms with Gasteiger partial charge in [0.15, 0.2) is 0 Å². The van der Waals surface area contributed by atoms with Gasteiger partial charge >= 0.3 is 12.1 Å². The van der Waals surface area contributed by atoms with E-state index < -0.39 is 19.7 Å². The van der Waals surface area contributed by atoms with Gasteiger partial charge in [-0.15, -0.1) is 29.3 Å². The molecule has 4 amide bonds. The van der Waals surface area contributed by atoms with Crippen LogP contribution in [0.1, 0.15) is 61.0 Å². The van der Waals surface area contributed by atoms with Crippen LogP contribution in [0.5, 0.6) is 0 Å². The predicted octanol–water partition coefficient (Wildman–Crippen LogP) is 4.64. The molecule has 1 fully saturated rings. The first-order chi connectivity index (χ1) is 22.5. The van der Waals surface area contributed by atoms with E-state index in [0.717, 1.165) is 28.7 Å². The molecule has 15 heteroatoms. The maximum Gasteiger partial charge on any atom is 0.407 e. The Hall–Kier alpha value is -2.90. The van der Waals surface area contributed by atoms with Gasteiger partial charge in [0.2, 0.25) is 5.91 Å². The van der Waals surface area contributed by atoms with E-state index in [1.165, 1.54) is 11.3 Å². The van der Waals surface area contributed by atoms with E-state index in [2.05, 4.69) is 64.2 Å². The van der Waals surface area contributed by atoms with Crippen LogP contribution in [0.2, 0.25) is 0 Å². The van der Waals surface area contributed by atoms with Crippen molar-refractivity contribution in [3.63, 3.8) is 0 Å². The molecule has 0 bridgehead atoms. The van der Waals surface area contributed by atoms with E-state index in [1.807, 2.05) is 5.38 Å². The number of carbonyl (C=O) groups is 3. The number of thiazole rings is 2. The Kier molecular flexibility index (Phi) is 16.8. The Bertz CT molecular complexity index is 1290. The average molecular weight is 709 g/mol. The summed E-state index contributed by atoms with van der Waals surface area (Å²) in [6, 6.07) is -1.44. The molecule has 3 N–H and O–H groups in total. The van der Waals surface area contributed by atoms with Gasteiger partial charge in [-0.2, -0.15) is 0 Å². The van der Waals surface area contributed by atoms with Gasteiger partial charge in [0, 0.05) is 50.2 Å². The first-order valence-corrected chi connectivity index (χ1v) is 20.0. The quantitative estimate of drug-likeness (QED) is 0.142. The molecule has 12 nitrogen and oxygen atoms in total. The van der Waals surface area contributed by atoms with E-state index in [-0.39, 0.29) is 30.6 Å². The summed E-state index contributed by atoms with van der Waals surface area (Å²) in [6.07, 6.45) is 10.1. The lowest BCUT2D eigenvalue weighted by Crippen LogP contribution is -2.54. The molecule has 2 aromatic heterocycles. The van der Waals surface area contributed by atoms with Crippen molar-refractivity contribution in [2.45, 2.75) is 76.7 Å². The van der Waals surface area contributed by atoms with Crippen molar-refractivity contribution in [2.75, 3.05) is 52.7 Å². The van der Waals surface area contributed by atoms with E-state index in [4.69, 9.17) is 9.47 Å². The molecule has 0 radical (unpaired) electrons. The fraction of sp³-hybridized carbons (Fsp3) is 0.625. The van der Waals surface area contributed by atoms with Crippen molar-refractivity contribution < 1.29 is 23.9 Å². The largest absolute Gasteiger partial charge is 0.444 e. The van der Waals surface area contributed by atoms with Crippen LogP contribution in [-0.2, 0) is 27.4 Å². The van der Waals surface area contributed by atoms with E-state index in [0.29, 0.717) is 64.1 Å². The molecule has 1 aliphatic rings. The monoisotopic (exact) mass is 708 g/mol. The fourth-order valence-corrected chi connectivity index (χ4v) is 7.40. The number of hydrogen-bond acceptors (Lipinski definition) is 10. The molecule has 1 saturated heterocycles. The Balaban J connectivity index is 1.62. The number of nitrogens with one attached hydrogen (secondary N) is 3. The lowest BCUT2D eigenvalue weighted by molar-refractivity contribution is -0.123. The van der Waals surface area contributed by atoms with Gasteiger partial charge in [0.1, 0.15) is 18.8 Å². The molecule has 2 aromatic rings. The van der Waals surface area contributed by atoms with Crippen LogP contribution in [0.25, 0.3) is 0 Å². The number of ether oxygens (including phenoxy) is 2. The Morgan fingerprint density at radius 1 is 1.15 bits per heavy atom. The van der Waals surface area contributed by atoms with Crippen LogP contribution in [0.15, 0.2) is 29.7 Å². The van der Waals surface area contributed by atoms with E-state index in [9.17, 15) is 14.4 Å². The fourth-order valence-electron chi connectivity index (χ4n) is 5.04. The summed E-state index contributed by atoms with van der Waals surface area (Å²) < 4.78 is 10.8. The number of amides is 4. The van der Waals surface area contributed by atoms with Crippen LogP contribution in [0, 0.1) is 0 Å². The average Bonchev–Trinajstić information content (AvgIpc) is 3.74. The third-order valence-electron chi connectivity index (χ3n) is 7.61. The van der Waals surface area contributed by atoms with Gasteiger partial charge < -0.3 is 30.3 Å². The molecular formula is C32H51N7O5PS2+. The highest BCUT2D eigenvalue weighted by Gasteiger charge is 2.28. The number of hydrogen-bond donors (Lipinski definition) is 3. The highest BCUT2D eigenvalue weighted by molar-refractivity contribution is 7.55. The summed E-state index contributed by atoms with van der Waals surface area (Å²) >= 11 is 3.01. The van der Waals surface area contributed by atoms with Crippen molar-refractivity contribution in [2.24, 2.45) is 0 Å². The molecule has 4 atom stereocenters. The zero-order valence-corrected chi connectivity index (χ0v) is 30.6. The number of urea groups is 1. The first kappa shape index (κ1) is 38.5. The first-order valence-electron chi connectivity index (χ1n) is 16.0. The highest BCUT2D eigenvalue weighted by Crippen LogP contribution is 2.21. The summed E-state index contributed by atoms with van der Waals surface area (Å²) in [5, 5.41) is 12.1.